The van der Waals surface area contributed by atoms with Crippen LogP contribution in [0.15, 0.2) is 24.3 Å². The Kier molecular flexibility index (Phi) is 4.41. The first kappa shape index (κ1) is 14.6. The molecule has 0 saturated carbocycles. The molecule has 18 heavy (non-hydrogen) atoms. The van der Waals surface area contributed by atoms with Gasteiger partial charge in [0.2, 0.25) is 0 Å². The summed E-state index contributed by atoms with van der Waals surface area (Å²) in [5.41, 5.74) is -5.52. The fourth-order valence-corrected chi connectivity index (χ4v) is 1.43. The number of rotatable bonds is 5. The molecule has 0 amide bonds. The van der Waals surface area contributed by atoms with Gasteiger partial charge in [0.25, 0.3) is 0 Å². The fraction of sp³-hybridized carbons (Fsp3) is 0.333. The van der Waals surface area contributed by atoms with E-state index < -0.39 is 21.4 Å². The topological polar surface area (TPSA) is 72.8 Å². The number of para-hydroxylation sites is 2. The minimum atomic E-state index is -5.74. The van der Waals surface area contributed by atoms with Gasteiger partial charge < -0.3 is 14.0 Å². The van der Waals surface area contributed by atoms with Crippen molar-refractivity contribution in [1.29, 1.82) is 0 Å². The second-order valence-corrected chi connectivity index (χ2v) is 4.54. The van der Waals surface area contributed by atoms with Crippen LogP contribution in [0.3, 0.4) is 0 Å². The van der Waals surface area contributed by atoms with Crippen LogP contribution in [0.1, 0.15) is 0 Å². The van der Waals surface area contributed by atoms with E-state index in [0.717, 1.165) is 6.07 Å². The molecule has 1 aromatic carbocycles. The van der Waals surface area contributed by atoms with Gasteiger partial charge in [0.1, 0.15) is 6.61 Å². The minimum absolute atomic E-state index is 0.202. The van der Waals surface area contributed by atoms with E-state index in [4.69, 9.17) is 9.84 Å². The molecule has 1 N–H and O–H groups in total. The molecule has 9 heteroatoms. The molecule has 1 aromatic rings. The molecule has 102 valence electrons. The number of halogens is 3. The summed E-state index contributed by atoms with van der Waals surface area (Å²) in [6.07, 6.45) is 0. The Morgan fingerprint density at radius 3 is 2.22 bits per heavy atom. The van der Waals surface area contributed by atoms with Gasteiger partial charge in [-0.3, -0.25) is 0 Å². The molecule has 0 aromatic heterocycles. The number of aliphatic hydroxyl groups is 1. The summed E-state index contributed by atoms with van der Waals surface area (Å²) in [4.78, 5) is 0. The third-order valence-corrected chi connectivity index (χ3v) is 2.65. The molecule has 0 heterocycles. The highest BCUT2D eigenvalue weighted by Gasteiger charge is 2.48. The Balaban J connectivity index is 2.98. The monoisotopic (exact) mass is 286 g/mol. The van der Waals surface area contributed by atoms with E-state index in [2.05, 4.69) is 4.18 Å². The average Bonchev–Trinajstić information content (AvgIpc) is 2.26. The first-order valence-corrected chi connectivity index (χ1v) is 6.02. The zero-order valence-electron chi connectivity index (χ0n) is 8.85. The van der Waals surface area contributed by atoms with E-state index in [-0.39, 0.29) is 19.0 Å². The van der Waals surface area contributed by atoms with Gasteiger partial charge >= 0.3 is 15.6 Å². The standard InChI is InChI=1S/C9H9F3O5S/c10-9(11,12)18(14,15)17-8-4-2-1-3-7(8)16-6-5-13/h1-4,13H,5-6H2. The van der Waals surface area contributed by atoms with Gasteiger partial charge in [0, 0.05) is 0 Å². The molecule has 0 radical (unpaired) electrons. The molecule has 5 nitrogen and oxygen atoms in total. The summed E-state index contributed by atoms with van der Waals surface area (Å²) in [6, 6.07) is 4.93. The van der Waals surface area contributed by atoms with E-state index in [1.807, 2.05) is 0 Å². The van der Waals surface area contributed by atoms with Gasteiger partial charge in [-0.1, -0.05) is 12.1 Å². The molecule has 1 rings (SSSR count). The highest BCUT2D eigenvalue weighted by Crippen LogP contribution is 2.32. The molecule has 0 aliphatic heterocycles. The molecule has 0 saturated heterocycles. The number of benzene rings is 1. The van der Waals surface area contributed by atoms with Crippen LogP contribution in [0.4, 0.5) is 13.2 Å². The van der Waals surface area contributed by atoms with Gasteiger partial charge in [-0.05, 0) is 12.1 Å². The normalized spacial score (nSPS) is 12.2. The third-order valence-electron chi connectivity index (χ3n) is 1.68. The van der Waals surface area contributed by atoms with Crippen LogP contribution in [0.2, 0.25) is 0 Å². The third kappa shape index (κ3) is 3.50. The van der Waals surface area contributed by atoms with Gasteiger partial charge in [-0.2, -0.15) is 21.6 Å². The van der Waals surface area contributed by atoms with Gasteiger partial charge in [-0.15, -0.1) is 0 Å². The van der Waals surface area contributed by atoms with Crippen LogP contribution in [0.25, 0.3) is 0 Å². The second kappa shape index (κ2) is 5.44. The number of hydrogen-bond acceptors (Lipinski definition) is 5. The lowest BCUT2D eigenvalue weighted by Gasteiger charge is -2.12. The molecular weight excluding hydrogens is 277 g/mol. The van der Waals surface area contributed by atoms with Crippen molar-refractivity contribution in [2.24, 2.45) is 0 Å². The van der Waals surface area contributed by atoms with E-state index in [1.165, 1.54) is 18.2 Å². The van der Waals surface area contributed by atoms with Crippen molar-refractivity contribution in [1.82, 2.24) is 0 Å². The van der Waals surface area contributed by atoms with E-state index in [9.17, 15) is 21.6 Å². The summed E-state index contributed by atoms with van der Waals surface area (Å²) < 4.78 is 66.7. The predicted octanol–water partition coefficient (Wildman–Crippen LogP) is 1.29. The van der Waals surface area contributed by atoms with E-state index in [1.54, 1.807) is 0 Å². The number of aliphatic hydroxyl groups excluding tert-OH is 1. The Labute approximate surface area is 101 Å². The van der Waals surface area contributed by atoms with Crippen LogP contribution < -0.4 is 8.92 Å². The fourth-order valence-electron chi connectivity index (χ4n) is 0.959. The highest BCUT2D eigenvalue weighted by molar-refractivity contribution is 7.88. The first-order chi connectivity index (χ1) is 8.28. The number of ether oxygens (including phenoxy) is 1. The highest BCUT2D eigenvalue weighted by atomic mass is 32.2. The Bertz CT molecular complexity index is 497. The lowest BCUT2D eigenvalue weighted by molar-refractivity contribution is -0.0500. The maximum absolute atomic E-state index is 12.1. The van der Waals surface area contributed by atoms with E-state index >= 15 is 0 Å². The van der Waals surface area contributed by atoms with Gasteiger partial charge in [0.05, 0.1) is 6.61 Å². The van der Waals surface area contributed by atoms with Crippen molar-refractivity contribution >= 4 is 10.1 Å². The van der Waals surface area contributed by atoms with Crippen LogP contribution in [-0.2, 0) is 10.1 Å². The van der Waals surface area contributed by atoms with Crippen LogP contribution >= 0.6 is 0 Å². The van der Waals surface area contributed by atoms with Crippen molar-refractivity contribution in [2.45, 2.75) is 5.51 Å². The Morgan fingerprint density at radius 1 is 1.17 bits per heavy atom. The minimum Gasteiger partial charge on any atom is -0.487 e. The zero-order valence-corrected chi connectivity index (χ0v) is 9.66. The van der Waals surface area contributed by atoms with Crippen molar-refractivity contribution in [3.8, 4) is 11.5 Å². The van der Waals surface area contributed by atoms with Gasteiger partial charge in [0.15, 0.2) is 11.5 Å². The molecule has 0 fully saturated rings. The lowest BCUT2D eigenvalue weighted by Crippen LogP contribution is -2.28. The molecule has 0 atom stereocenters. The molecular formula is C9H9F3O5S. The lowest BCUT2D eigenvalue weighted by atomic mass is 10.3. The smallest absolute Gasteiger partial charge is 0.487 e. The SMILES string of the molecule is O=S(=O)(Oc1ccccc1OCCO)C(F)(F)F. The van der Waals surface area contributed by atoms with Crippen molar-refractivity contribution in [2.75, 3.05) is 13.2 Å². The Hall–Kier alpha value is -1.48. The largest absolute Gasteiger partial charge is 0.534 e. The van der Waals surface area contributed by atoms with E-state index in [0.29, 0.717) is 0 Å². The second-order valence-electron chi connectivity index (χ2n) is 3.00. The maximum atomic E-state index is 12.1. The number of alkyl halides is 3. The Morgan fingerprint density at radius 2 is 1.72 bits per heavy atom. The summed E-state index contributed by atoms with van der Waals surface area (Å²) in [7, 11) is -5.74. The molecule has 0 aliphatic rings. The van der Waals surface area contributed by atoms with Crippen molar-refractivity contribution in [3.63, 3.8) is 0 Å². The number of hydrogen-bond donors (Lipinski definition) is 1. The molecule has 0 aliphatic carbocycles. The summed E-state index contributed by atoms with van der Waals surface area (Å²) >= 11 is 0. The van der Waals surface area contributed by atoms with Crippen LogP contribution in [0, 0.1) is 0 Å². The molecule has 0 unspecified atom stereocenters. The molecule has 0 bridgehead atoms. The van der Waals surface area contributed by atoms with Crippen LogP contribution in [-0.4, -0.2) is 32.2 Å². The maximum Gasteiger partial charge on any atom is 0.534 e. The summed E-state index contributed by atoms with van der Waals surface area (Å²) in [6.45, 7) is -0.577. The first-order valence-electron chi connectivity index (χ1n) is 4.61. The van der Waals surface area contributed by atoms with Crippen molar-refractivity contribution < 1.29 is 35.6 Å². The summed E-state index contributed by atoms with van der Waals surface area (Å²) in [5.74, 6) is -0.803. The quantitative estimate of drug-likeness (QED) is 0.652. The zero-order chi connectivity index (χ0) is 13.8. The van der Waals surface area contributed by atoms with Crippen molar-refractivity contribution in [3.05, 3.63) is 24.3 Å². The van der Waals surface area contributed by atoms with Crippen LogP contribution in [0.5, 0.6) is 11.5 Å². The summed E-state index contributed by atoms with van der Waals surface area (Å²) in [5, 5.41) is 8.52. The predicted molar refractivity (Wildman–Crippen MR) is 54.6 cm³/mol. The average molecular weight is 286 g/mol. The van der Waals surface area contributed by atoms with Gasteiger partial charge in [-0.25, -0.2) is 0 Å². The molecule has 0 spiro atoms.